The summed E-state index contributed by atoms with van der Waals surface area (Å²) in [6, 6.07) is 3.39. The zero-order valence-corrected chi connectivity index (χ0v) is 10.6. The molecule has 0 radical (unpaired) electrons. The number of rotatable bonds is 3. The van der Waals surface area contributed by atoms with Crippen LogP contribution in [0.3, 0.4) is 0 Å². The quantitative estimate of drug-likeness (QED) is 0.888. The Balaban J connectivity index is 2.13. The lowest BCUT2D eigenvalue weighted by molar-refractivity contribution is 0.0958. The van der Waals surface area contributed by atoms with Crippen molar-refractivity contribution in [2.75, 3.05) is 7.05 Å². The summed E-state index contributed by atoms with van der Waals surface area (Å²) in [7, 11) is 1.58. The maximum atomic E-state index is 11.4. The van der Waals surface area contributed by atoms with E-state index in [2.05, 4.69) is 23.3 Å². The normalized spacial score (nSPS) is 14.6. The largest absolute Gasteiger partial charge is 0.462 e. The van der Waals surface area contributed by atoms with Crippen LogP contribution in [0.1, 0.15) is 30.3 Å². The number of hydrogen-bond donors (Lipinski definition) is 1. The zero-order valence-electron chi connectivity index (χ0n) is 10.6. The number of ether oxygens (including phenoxy) is 1. The third-order valence-corrected chi connectivity index (χ3v) is 2.76. The van der Waals surface area contributed by atoms with E-state index >= 15 is 0 Å². The van der Waals surface area contributed by atoms with Gasteiger partial charge in [-0.25, -0.2) is 0 Å². The second-order valence-electron chi connectivity index (χ2n) is 4.20. The summed E-state index contributed by atoms with van der Waals surface area (Å²) in [5, 5.41) is 2.54. The first-order valence-corrected chi connectivity index (χ1v) is 5.91. The number of pyridine rings is 1. The molecule has 1 aliphatic rings. The molecule has 0 unspecified atom stereocenters. The molecule has 1 N–H and O–H groups in total. The Hall–Kier alpha value is -2.10. The maximum absolute atomic E-state index is 11.4. The smallest absolute Gasteiger partial charge is 0.269 e. The third kappa shape index (κ3) is 2.97. The van der Waals surface area contributed by atoms with E-state index in [0.717, 1.165) is 18.6 Å². The molecule has 0 bridgehead atoms. The van der Waals surface area contributed by atoms with Crippen molar-refractivity contribution in [2.24, 2.45) is 0 Å². The van der Waals surface area contributed by atoms with E-state index in [1.807, 2.05) is 6.08 Å². The SMILES string of the molecule is CNC(=O)c1cc(OC2=CC=C(C)CC2)ccn1. The highest BCUT2D eigenvalue weighted by Crippen LogP contribution is 2.22. The van der Waals surface area contributed by atoms with Gasteiger partial charge in [0.2, 0.25) is 0 Å². The van der Waals surface area contributed by atoms with Gasteiger partial charge in [-0.3, -0.25) is 9.78 Å². The number of amides is 1. The van der Waals surface area contributed by atoms with E-state index in [-0.39, 0.29) is 5.91 Å². The molecule has 18 heavy (non-hydrogen) atoms. The molecule has 1 aliphatic carbocycles. The van der Waals surface area contributed by atoms with Crippen LogP contribution in [-0.4, -0.2) is 17.9 Å². The zero-order chi connectivity index (χ0) is 13.0. The molecule has 94 valence electrons. The van der Waals surface area contributed by atoms with Crippen molar-refractivity contribution in [3.63, 3.8) is 0 Å². The number of carbonyl (C=O) groups is 1. The molecule has 0 saturated heterocycles. The minimum atomic E-state index is -0.214. The number of allylic oxidation sites excluding steroid dienone is 4. The fourth-order valence-corrected chi connectivity index (χ4v) is 1.69. The van der Waals surface area contributed by atoms with Gasteiger partial charge in [0, 0.05) is 25.7 Å². The van der Waals surface area contributed by atoms with E-state index in [9.17, 15) is 4.79 Å². The molecule has 0 aliphatic heterocycles. The van der Waals surface area contributed by atoms with E-state index in [1.54, 1.807) is 25.4 Å². The molecule has 1 aromatic heterocycles. The third-order valence-electron chi connectivity index (χ3n) is 2.76. The van der Waals surface area contributed by atoms with Crippen LogP contribution in [0.4, 0.5) is 0 Å². The molecule has 1 amide bonds. The molecule has 2 rings (SSSR count). The predicted octanol–water partition coefficient (Wildman–Crippen LogP) is 2.44. The average Bonchev–Trinajstić information content (AvgIpc) is 2.41. The summed E-state index contributed by atoms with van der Waals surface area (Å²) in [5.41, 5.74) is 1.71. The van der Waals surface area contributed by atoms with Gasteiger partial charge >= 0.3 is 0 Å². The van der Waals surface area contributed by atoms with Crippen molar-refractivity contribution in [2.45, 2.75) is 19.8 Å². The topological polar surface area (TPSA) is 51.2 Å². The van der Waals surface area contributed by atoms with Gasteiger partial charge < -0.3 is 10.1 Å². The second kappa shape index (κ2) is 5.49. The number of nitrogens with zero attached hydrogens (tertiary/aromatic N) is 1. The van der Waals surface area contributed by atoms with Crippen LogP contribution in [0.15, 0.2) is 41.8 Å². The summed E-state index contributed by atoms with van der Waals surface area (Å²) in [4.78, 5) is 15.4. The number of nitrogens with one attached hydrogen (secondary N) is 1. The monoisotopic (exact) mass is 244 g/mol. The highest BCUT2D eigenvalue weighted by molar-refractivity contribution is 5.92. The Labute approximate surface area is 106 Å². The molecule has 4 heteroatoms. The first-order valence-electron chi connectivity index (χ1n) is 5.91. The standard InChI is InChI=1S/C14H16N2O2/c1-10-3-5-11(6-4-10)18-12-7-8-16-13(9-12)14(17)15-2/h3,5,7-9H,4,6H2,1-2H3,(H,15,17). The van der Waals surface area contributed by atoms with Crippen molar-refractivity contribution in [1.82, 2.24) is 10.3 Å². The van der Waals surface area contributed by atoms with Gasteiger partial charge in [0.25, 0.3) is 5.91 Å². The summed E-state index contributed by atoms with van der Waals surface area (Å²) in [6.07, 6.45) is 7.50. The Morgan fingerprint density at radius 1 is 1.39 bits per heavy atom. The number of hydrogen-bond acceptors (Lipinski definition) is 3. The molecular weight excluding hydrogens is 228 g/mol. The number of aromatic nitrogens is 1. The van der Waals surface area contributed by atoms with Crippen LogP contribution in [0.2, 0.25) is 0 Å². The summed E-state index contributed by atoms with van der Waals surface area (Å²) >= 11 is 0. The summed E-state index contributed by atoms with van der Waals surface area (Å²) < 4.78 is 5.74. The van der Waals surface area contributed by atoms with Gasteiger partial charge in [-0.2, -0.15) is 0 Å². The fraction of sp³-hybridized carbons (Fsp3) is 0.286. The van der Waals surface area contributed by atoms with Crippen LogP contribution in [0, 0.1) is 0 Å². The molecule has 1 heterocycles. The van der Waals surface area contributed by atoms with Crippen LogP contribution in [-0.2, 0) is 0 Å². The van der Waals surface area contributed by atoms with Gasteiger partial charge in [-0.1, -0.05) is 11.6 Å². The maximum Gasteiger partial charge on any atom is 0.269 e. The Morgan fingerprint density at radius 3 is 2.89 bits per heavy atom. The Bertz CT molecular complexity index is 518. The van der Waals surface area contributed by atoms with Crippen LogP contribution >= 0.6 is 0 Å². The van der Waals surface area contributed by atoms with E-state index in [1.165, 1.54) is 5.57 Å². The van der Waals surface area contributed by atoms with E-state index in [4.69, 9.17) is 4.74 Å². The van der Waals surface area contributed by atoms with Crippen LogP contribution in [0.25, 0.3) is 0 Å². The molecule has 1 aromatic rings. The lowest BCUT2D eigenvalue weighted by Gasteiger charge is -2.13. The van der Waals surface area contributed by atoms with Crippen molar-refractivity contribution in [3.8, 4) is 5.75 Å². The van der Waals surface area contributed by atoms with Crippen LogP contribution < -0.4 is 10.1 Å². The molecule has 4 nitrogen and oxygen atoms in total. The fourth-order valence-electron chi connectivity index (χ4n) is 1.69. The van der Waals surface area contributed by atoms with Crippen molar-refractivity contribution >= 4 is 5.91 Å². The van der Waals surface area contributed by atoms with Gasteiger partial charge in [0.15, 0.2) is 0 Å². The van der Waals surface area contributed by atoms with Crippen molar-refractivity contribution < 1.29 is 9.53 Å². The van der Waals surface area contributed by atoms with Crippen LogP contribution in [0.5, 0.6) is 5.75 Å². The Morgan fingerprint density at radius 2 is 2.22 bits per heavy atom. The van der Waals surface area contributed by atoms with E-state index < -0.39 is 0 Å². The van der Waals surface area contributed by atoms with Gasteiger partial charge in [0.05, 0.1) is 0 Å². The molecule has 0 saturated carbocycles. The lowest BCUT2D eigenvalue weighted by Crippen LogP contribution is -2.19. The predicted molar refractivity (Wildman–Crippen MR) is 69.3 cm³/mol. The van der Waals surface area contributed by atoms with Gasteiger partial charge in [-0.15, -0.1) is 0 Å². The Kier molecular flexibility index (Phi) is 3.77. The van der Waals surface area contributed by atoms with Gasteiger partial charge in [-0.05, 0) is 25.5 Å². The average molecular weight is 244 g/mol. The van der Waals surface area contributed by atoms with Gasteiger partial charge in [0.1, 0.15) is 17.2 Å². The highest BCUT2D eigenvalue weighted by Gasteiger charge is 2.09. The molecular formula is C14H16N2O2. The molecule has 0 fully saturated rings. The van der Waals surface area contributed by atoms with Crippen molar-refractivity contribution in [3.05, 3.63) is 47.5 Å². The lowest BCUT2D eigenvalue weighted by atomic mass is 10.1. The summed E-state index contributed by atoms with van der Waals surface area (Å²) in [5.74, 6) is 1.34. The number of carbonyl (C=O) groups excluding carboxylic acids is 1. The highest BCUT2D eigenvalue weighted by atomic mass is 16.5. The van der Waals surface area contributed by atoms with E-state index in [0.29, 0.717) is 11.4 Å². The second-order valence-corrected chi connectivity index (χ2v) is 4.20. The molecule has 0 spiro atoms. The summed E-state index contributed by atoms with van der Waals surface area (Å²) in [6.45, 7) is 2.10. The molecule has 0 aromatic carbocycles. The van der Waals surface area contributed by atoms with Crippen molar-refractivity contribution in [1.29, 1.82) is 0 Å². The minimum absolute atomic E-state index is 0.214. The first-order chi connectivity index (χ1) is 8.69. The minimum Gasteiger partial charge on any atom is -0.462 e. The molecule has 0 atom stereocenters. The first kappa shape index (κ1) is 12.4.